The van der Waals surface area contributed by atoms with Crippen LogP contribution in [0.1, 0.15) is 29.5 Å². The maximum Gasteiger partial charge on any atom is 0.243 e. The van der Waals surface area contributed by atoms with E-state index in [0.29, 0.717) is 39.1 Å². The van der Waals surface area contributed by atoms with E-state index in [1.54, 1.807) is 24.5 Å². The first-order chi connectivity index (χ1) is 14.8. The highest BCUT2D eigenvalue weighted by atomic mass is 32.2. The van der Waals surface area contributed by atoms with Gasteiger partial charge in [0, 0.05) is 50.7 Å². The molecule has 1 aromatic heterocycles. The van der Waals surface area contributed by atoms with E-state index >= 15 is 0 Å². The van der Waals surface area contributed by atoms with Gasteiger partial charge in [0.15, 0.2) is 0 Å². The number of hydrogen-bond donors (Lipinski definition) is 1. The summed E-state index contributed by atoms with van der Waals surface area (Å²) in [6.07, 6.45) is 4.74. The SMILES string of the molecule is Cc1ccc(S(=O)(=O)N2CC(C(=O)NCc3ccncc3)C3(CCOCC3)C2)cc1C. The quantitative estimate of drug-likeness (QED) is 0.767. The molecule has 3 heterocycles. The first kappa shape index (κ1) is 21.9. The van der Waals surface area contributed by atoms with Crippen molar-refractivity contribution < 1.29 is 17.9 Å². The van der Waals surface area contributed by atoms with Crippen molar-refractivity contribution in [3.63, 3.8) is 0 Å². The van der Waals surface area contributed by atoms with Crippen molar-refractivity contribution in [1.82, 2.24) is 14.6 Å². The van der Waals surface area contributed by atoms with Crippen LogP contribution in [-0.4, -0.2) is 49.9 Å². The summed E-state index contributed by atoms with van der Waals surface area (Å²) in [4.78, 5) is 17.5. The second-order valence-corrected chi connectivity index (χ2v) is 10.6. The molecule has 1 amide bonds. The van der Waals surface area contributed by atoms with Gasteiger partial charge in [0.05, 0.1) is 10.8 Å². The van der Waals surface area contributed by atoms with Gasteiger partial charge in [0.25, 0.3) is 0 Å². The van der Waals surface area contributed by atoms with Crippen molar-refractivity contribution in [1.29, 1.82) is 0 Å². The zero-order valence-corrected chi connectivity index (χ0v) is 18.8. The Morgan fingerprint density at radius 3 is 2.55 bits per heavy atom. The van der Waals surface area contributed by atoms with Crippen LogP contribution in [0, 0.1) is 25.2 Å². The van der Waals surface area contributed by atoms with Crippen LogP contribution in [0.5, 0.6) is 0 Å². The highest BCUT2D eigenvalue weighted by Gasteiger charge is 2.53. The van der Waals surface area contributed by atoms with E-state index in [9.17, 15) is 13.2 Å². The van der Waals surface area contributed by atoms with Gasteiger partial charge in [-0.05, 0) is 67.6 Å². The molecule has 2 aliphatic rings. The molecule has 1 atom stereocenters. The molecule has 0 radical (unpaired) electrons. The Bertz CT molecular complexity index is 1050. The van der Waals surface area contributed by atoms with Gasteiger partial charge in [-0.15, -0.1) is 0 Å². The molecule has 4 rings (SSSR count). The van der Waals surface area contributed by atoms with E-state index in [2.05, 4.69) is 10.3 Å². The number of sulfonamides is 1. The Balaban J connectivity index is 1.57. The molecule has 0 saturated carbocycles. The standard InChI is InChI=1S/C23H29N3O4S/c1-17-3-4-20(13-18(17)2)31(28,29)26-15-21(23(16-26)7-11-30-12-8-23)22(27)25-14-19-5-9-24-10-6-19/h3-6,9-10,13,21H,7-8,11-12,14-16H2,1-2H3,(H,25,27). The first-order valence-electron chi connectivity index (χ1n) is 10.6. The number of carbonyl (C=O) groups excluding carboxylic acids is 1. The molecule has 0 aliphatic carbocycles. The molecule has 1 unspecified atom stereocenters. The van der Waals surface area contributed by atoms with Gasteiger partial charge in [-0.3, -0.25) is 9.78 Å². The Kier molecular flexibility index (Phi) is 6.14. The number of amides is 1. The van der Waals surface area contributed by atoms with Crippen molar-refractivity contribution in [2.45, 2.75) is 38.1 Å². The number of ether oxygens (including phenoxy) is 1. The molecule has 166 valence electrons. The summed E-state index contributed by atoms with van der Waals surface area (Å²) in [6, 6.07) is 8.93. The number of pyridine rings is 1. The molecule has 2 aliphatic heterocycles. The maximum atomic E-state index is 13.4. The highest BCUT2D eigenvalue weighted by molar-refractivity contribution is 7.89. The zero-order valence-electron chi connectivity index (χ0n) is 18.0. The minimum absolute atomic E-state index is 0.100. The molecular formula is C23H29N3O4S. The van der Waals surface area contributed by atoms with Gasteiger partial charge in [-0.1, -0.05) is 6.07 Å². The number of aryl methyl sites for hydroxylation is 2. The fourth-order valence-corrected chi connectivity index (χ4v) is 6.22. The van der Waals surface area contributed by atoms with Gasteiger partial charge >= 0.3 is 0 Å². The minimum atomic E-state index is -3.68. The van der Waals surface area contributed by atoms with E-state index < -0.39 is 21.4 Å². The zero-order chi connectivity index (χ0) is 22.1. The Morgan fingerprint density at radius 1 is 1.16 bits per heavy atom. The predicted molar refractivity (Wildman–Crippen MR) is 117 cm³/mol. The highest BCUT2D eigenvalue weighted by Crippen LogP contribution is 2.46. The fraction of sp³-hybridized carbons (Fsp3) is 0.478. The third-order valence-electron chi connectivity index (χ3n) is 6.75. The van der Waals surface area contributed by atoms with Crippen molar-refractivity contribution in [2.75, 3.05) is 26.3 Å². The lowest BCUT2D eigenvalue weighted by molar-refractivity contribution is -0.130. The van der Waals surface area contributed by atoms with Gasteiger partial charge in [0.1, 0.15) is 0 Å². The molecular weight excluding hydrogens is 414 g/mol. The van der Waals surface area contributed by atoms with Gasteiger partial charge in [-0.25, -0.2) is 8.42 Å². The summed E-state index contributed by atoms with van der Waals surface area (Å²) in [6.45, 7) is 5.90. The van der Waals surface area contributed by atoms with Crippen molar-refractivity contribution >= 4 is 15.9 Å². The lowest BCUT2D eigenvalue weighted by Crippen LogP contribution is -2.44. The topological polar surface area (TPSA) is 88.6 Å². The van der Waals surface area contributed by atoms with Crippen molar-refractivity contribution in [3.05, 3.63) is 59.4 Å². The van der Waals surface area contributed by atoms with E-state index in [0.717, 1.165) is 16.7 Å². The van der Waals surface area contributed by atoms with Gasteiger partial charge < -0.3 is 10.1 Å². The fourth-order valence-electron chi connectivity index (χ4n) is 4.59. The minimum Gasteiger partial charge on any atom is -0.381 e. The summed E-state index contributed by atoms with van der Waals surface area (Å²) in [7, 11) is -3.68. The van der Waals surface area contributed by atoms with E-state index in [-0.39, 0.29) is 17.3 Å². The van der Waals surface area contributed by atoms with E-state index in [1.807, 2.05) is 32.0 Å². The number of hydrogen-bond acceptors (Lipinski definition) is 5. The van der Waals surface area contributed by atoms with Gasteiger partial charge in [0.2, 0.25) is 15.9 Å². The predicted octanol–water partition coefficient (Wildman–Crippen LogP) is 2.43. The molecule has 8 heteroatoms. The van der Waals surface area contributed by atoms with Crippen LogP contribution in [0.25, 0.3) is 0 Å². The normalized spacial score (nSPS) is 21.3. The molecule has 1 spiro atoms. The lowest BCUT2D eigenvalue weighted by Gasteiger charge is -2.37. The molecule has 2 fully saturated rings. The summed E-state index contributed by atoms with van der Waals surface area (Å²) < 4.78 is 33.9. The third kappa shape index (κ3) is 4.37. The average Bonchev–Trinajstić information content (AvgIpc) is 3.14. The van der Waals surface area contributed by atoms with Crippen LogP contribution < -0.4 is 5.32 Å². The van der Waals surface area contributed by atoms with Crippen LogP contribution in [0.15, 0.2) is 47.6 Å². The largest absolute Gasteiger partial charge is 0.381 e. The molecule has 31 heavy (non-hydrogen) atoms. The summed E-state index contributed by atoms with van der Waals surface area (Å²) >= 11 is 0. The number of carbonyl (C=O) groups is 1. The van der Waals surface area contributed by atoms with Crippen LogP contribution in [0.2, 0.25) is 0 Å². The lowest BCUT2D eigenvalue weighted by atomic mass is 9.72. The van der Waals surface area contributed by atoms with Crippen LogP contribution in [-0.2, 0) is 26.1 Å². The molecule has 2 saturated heterocycles. The summed E-state index contributed by atoms with van der Waals surface area (Å²) in [5.41, 5.74) is 2.55. The third-order valence-corrected chi connectivity index (χ3v) is 8.56. The van der Waals surface area contributed by atoms with Crippen LogP contribution >= 0.6 is 0 Å². The number of benzene rings is 1. The van der Waals surface area contributed by atoms with Crippen molar-refractivity contribution in [3.8, 4) is 0 Å². The second kappa shape index (κ2) is 8.68. The maximum absolute atomic E-state index is 13.4. The molecule has 7 nitrogen and oxygen atoms in total. The number of nitrogens with zero attached hydrogens (tertiary/aromatic N) is 2. The Morgan fingerprint density at radius 2 is 1.87 bits per heavy atom. The number of rotatable bonds is 5. The molecule has 0 bridgehead atoms. The Labute approximate surface area is 183 Å². The monoisotopic (exact) mass is 443 g/mol. The Hall–Kier alpha value is -2.29. The second-order valence-electron chi connectivity index (χ2n) is 8.64. The van der Waals surface area contributed by atoms with E-state index in [1.165, 1.54) is 4.31 Å². The summed E-state index contributed by atoms with van der Waals surface area (Å²) in [5, 5.41) is 3.01. The van der Waals surface area contributed by atoms with Crippen LogP contribution in [0.4, 0.5) is 0 Å². The smallest absolute Gasteiger partial charge is 0.243 e. The molecule has 1 N–H and O–H groups in total. The molecule has 1 aromatic carbocycles. The van der Waals surface area contributed by atoms with Gasteiger partial charge in [-0.2, -0.15) is 4.31 Å². The van der Waals surface area contributed by atoms with Crippen molar-refractivity contribution in [2.24, 2.45) is 11.3 Å². The number of nitrogens with one attached hydrogen (secondary N) is 1. The average molecular weight is 444 g/mol. The van der Waals surface area contributed by atoms with E-state index in [4.69, 9.17) is 4.74 Å². The summed E-state index contributed by atoms with van der Waals surface area (Å²) in [5.74, 6) is -0.504. The number of aromatic nitrogens is 1. The molecule has 2 aromatic rings. The first-order valence-corrected chi connectivity index (χ1v) is 12.1. The van der Waals surface area contributed by atoms with Crippen LogP contribution in [0.3, 0.4) is 0 Å².